The van der Waals surface area contributed by atoms with Gasteiger partial charge in [0, 0.05) is 48.0 Å². The van der Waals surface area contributed by atoms with Gasteiger partial charge < -0.3 is 34.0 Å². The van der Waals surface area contributed by atoms with Crippen LogP contribution in [0.15, 0.2) is 42.5 Å². The number of morpholine rings is 1. The number of carboxylic acid groups (broad SMARTS) is 1. The molecule has 8 rings (SSSR count). The normalized spacial score (nSPS) is 25.3. The number of halogens is 3. The molecule has 1 saturated carbocycles. The van der Waals surface area contributed by atoms with Crippen LogP contribution in [0, 0.1) is 17.2 Å². The van der Waals surface area contributed by atoms with Crippen LogP contribution in [0.2, 0.25) is 10.0 Å². The molecule has 4 unspecified atom stereocenters. The Morgan fingerprint density at radius 3 is 2.40 bits per heavy atom. The molecule has 4 fully saturated rings. The van der Waals surface area contributed by atoms with Crippen molar-refractivity contribution in [2.24, 2.45) is 11.3 Å². The zero-order chi connectivity index (χ0) is 33.5. The summed E-state index contributed by atoms with van der Waals surface area (Å²) in [7, 11) is 1.76. The number of methoxy groups -OCH3 is 1. The lowest BCUT2D eigenvalue weighted by atomic mass is 9.54. The van der Waals surface area contributed by atoms with Crippen LogP contribution in [0.5, 0.6) is 5.75 Å². The van der Waals surface area contributed by atoms with Gasteiger partial charge in [-0.2, -0.15) is 0 Å². The number of nitrogens with zero attached hydrogens (tertiary/aromatic N) is 3. The summed E-state index contributed by atoms with van der Waals surface area (Å²) in [5.41, 5.74) is 3.13. The van der Waals surface area contributed by atoms with Gasteiger partial charge in [0.25, 0.3) is 5.91 Å². The third-order valence-corrected chi connectivity index (χ3v) is 11.9. The van der Waals surface area contributed by atoms with Crippen LogP contribution in [0.25, 0.3) is 11.1 Å². The lowest BCUT2D eigenvalue weighted by Gasteiger charge is -2.63. The van der Waals surface area contributed by atoms with Crippen LogP contribution in [0.1, 0.15) is 52.5 Å². The lowest BCUT2D eigenvalue weighted by molar-refractivity contribution is -0.132. The molecule has 0 radical (unpaired) electrons. The van der Waals surface area contributed by atoms with Crippen LogP contribution in [-0.2, 0) is 16.0 Å². The topological polar surface area (TPSA) is 91.8 Å². The zero-order valence-corrected chi connectivity index (χ0v) is 28.2. The van der Waals surface area contributed by atoms with E-state index in [9.17, 15) is 14.7 Å². The van der Waals surface area contributed by atoms with Gasteiger partial charge in [0.05, 0.1) is 64.8 Å². The van der Waals surface area contributed by atoms with Crippen molar-refractivity contribution in [1.29, 1.82) is 0 Å². The van der Waals surface area contributed by atoms with Gasteiger partial charge in [-0.3, -0.25) is 4.79 Å². The van der Waals surface area contributed by atoms with Crippen molar-refractivity contribution in [1.82, 2.24) is 4.90 Å². The average Bonchev–Trinajstić information content (AvgIpc) is 3.29. The van der Waals surface area contributed by atoms with Crippen LogP contribution in [-0.4, -0.2) is 80.2 Å². The number of amides is 1. The second-order valence-electron chi connectivity index (χ2n) is 13.8. The van der Waals surface area contributed by atoms with E-state index in [1.165, 1.54) is 4.90 Å². The molecule has 12 heteroatoms. The fourth-order valence-electron chi connectivity index (χ4n) is 8.49. The van der Waals surface area contributed by atoms with Gasteiger partial charge in [-0.1, -0.05) is 48.3 Å². The van der Waals surface area contributed by atoms with E-state index in [-0.39, 0.29) is 63.4 Å². The molecule has 3 aromatic carbocycles. The Labute approximate surface area is 288 Å². The van der Waals surface area contributed by atoms with Crippen LogP contribution < -0.4 is 14.5 Å². The molecule has 3 aromatic rings. The molecule has 9 nitrogen and oxygen atoms in total. The fourth-order valence-corrected chi connectivity index (χ4v) is 9.13. The molecule has 3 saturated heterocycles. The summed E-state index contributed by atoms with van der Waals surface area (Å²) < 4.78 is 33.1. The molecule has 1 aliphatic carbocycles. The van der Waals surface area contributed by atoms with Crippen molar-refractivity contribution in [2.45, 2.75) is 50.9 Å². The minimum absolute atomic E-state index is 0.0334. The quantitative estimate of drug-likeness (QED) is 0.304. The summed E-state index contributed by atoms with van der Waals surface area (Å²) in [5, 5.41) is 10.5. The zero-order valence-electron chi connectivity index (χ0n) is 26.7. The highest BCUT2D eigenvalue weighted by Crippen LogP contribution is 2.55. The van der Waals surface area contributed by atoms with Gasteiger partial charge in [0.15, 0.2) is 6.73 Å². The molecule has 4 aliphatic heterocycles. The number of fused-ring (bicyclic) bond motifs is 3. The number of aromatic carboxylic acids is 1. The molecule has 5 aliphatic rings. The number of hydrogen-bond acceptors (Lipinski definition) is 7. The van der Waals surface area contributed by atoms with E-state index in [4.69, 9.17) is 37.4 Å². The largest absolute Gasteiger partial charge is 0.478 e. The Kier molecular flexibility index (Phi) is 7.78. The molecule has 1 N–H and O–H groups in total. The molecular formula is C36H36Cl2FN3O6. The van der Waals surface area contributed by atoms with Crippen molar-refractivity contribution in [3.8, 4) is 16.9 Å². The number of para-hydroxylation sites is 1. The highest BCUT2D eigenvalue weighted by atomic mass is 35.5. The van der Waals surface area contributed by atoms with E-state index in [1.807, 2.05) is 6.07 Å². The number of anilines is 2. The fraction of sp³-hybridized carbons (Fsp3) is 0.444. The smallest absolute Gasteiger partial charge is 0.337 e. The first-order chi connectivity index (χ1) is 23.1. The molecule has 4 atom stereocenters. The number of rotatable bonds is 6. The van der Waals surface area contributed by atoms with Gasteiger partial charge in [-0.25, -0.2) is 9.18 Å². The second-order valence-corrected chi connectivity index (χ2v) is 14.6. The maximum Gasteiger partial charge on any atom is 0.337 e. The number of carbonyl (C=O) groups excluding carboxylic acids is 1. The second kappa shape index (κ2) is 11.8. The highest BCUT2D eigenvalue weighted by Gasteiger charge is 2.58. The summed E-state index contributed by atoms with van der Waals surface area (Å²) in [4.78, 5) is 31.9. The third-order valence-electron chi connectivity index (χ3n) is 11.3. The van der Waals surface area contributed by atoms with E-state index in [0.717, 1.165) is 44.1 Å². The van der Waals surface area contributed by atoms with Crippen LogP contribution in [0.3, 0.4) is 0 Å². The number of benzene rings is 3. The summed E-state index contributed by atoms with van der Waals surface area (Å²) in [6.45, 7) is 5.11. The molecule has 0 aromatic heterocycles. The van der Waals surface area contributed by atoms with Gasteiger partial charge >= 0.3 is 5.97 Å². The standard InChI is InChI=1S/C36H36Cl2FN3O6/c1-19-31(46-2)12-36(19)16-41(17-36)23-8-27(37)32(28(38)9-23)34(43)40-13-20-4-3-5-24(33(20)48-18-40)25-11-30(26(35(44)45)10-29(25)39)42-21-6-7-22(42)15-47-14-21/h3-5,8-11,19,21-22,31H,6-7,12-18H2,1-2H3,(H,44,45). The Morgan fingerprint density at radius 1 is 1.04 bits per heavy atom. The summed E-state index contributed by atoms with van der Waals surface area (Å²) in [6.07, 6.45) is 3.10. The number of carbonyl (C=O) groups is 2. The predicted octanol–water partition coefficient (Wildman–Crippen LogP) is 6.72. The van der Waals surface area contributed by atoms with E-state index in [2.05, 4.69) is 16.7 Å². The number of ether oxygens (including phenoxy) is 3. The summed E-state index contributed by atoms with van der Waals surface area (Å²) >= 11 is 13.4. The van der Waals surface area contributed by atoms with E-state index < -0.39 is 11.8 Å². The van der Waals surface area contributed by atoms with E-state index in [1.54, 1.807) is 37.4 Å². The minimum atomic E-state index is -1.19. The van der Waals surface area contributed by atoms with Gasteiger partial charge in [0.2, 0.25) is 0 Å². The first kappa shape index (κ1) is 31.7. The first-order valence-corrected chi connectivity index (χ1v) is 17.1. The van der Waals surface area contributed by atoms with E-state index in [0.29, 0.717) is 47.8 Å². The van der Waals surface area contributed by atoms with Crippen molar-refractivity contribution in [2.75, 3.05) is 49.9 Å². The van der Waals surface area contributed by atoms with Gasteiger partial charge in [0.1, 0.15) is 11.6 Å². The molecule has 48 heavy (non-hydrogen) atoms. The minimum Gasteiger partial charge on any atom is -0.478 e. The monoisotopic (exact) mass is 695 g/mol. The molecule has 252 valence electrons. The van der Waals surface area contributed by atoms with Crippen LogP contribution in [0.4, 0.5) is 15.8 Å². The Hall–Kier alpha value is -3.57. The molecule has 1 spiro atoms. The SMILES string of the molecule is COC1CC2(CN(c3cc(Cl)c(C(=O)N4COc5c(cccc5-c5cc(N6C7CCC6COC7)c(C(=O)O)cc5F)C4)c(Cl)c3)C2)C1C. The number of carboxylic acids is 1. The molecule has 2 bridgehead atoms. The molecule has 1 amide bonds. The molecular weight excluding hydrogens is 660 g/mol. The van der Waals surface area contributed by atoms with Crippen molar-refractivity contribution in [3.05, 3.63) is 75.0 Å². The molecule has 4 heterocycles. The highest BCUT2D eigenvalue weighted by molar-refractivity contribution is 6.40. The number of hydrogen-bond donors (Lipinski definition) is 1. The van der Waals surface area contributed by atoms with Crippen molar-refractivity contribution < 1.29 is 33.3 Å². The summed E-state index contributed by atoms with van der Waals surface area (Å²) in [5.74, 6) is -1.29. The summed E-state index contributed by atoms with van der Waals surface area (Å²) in [6, 6.07) is 11.7. The Balaban J connectivity index is 1.04. The Morgan fingerprint density at radius 2 is 1.75 bits per heavy atom. The van der Waals surface area contributed by atoms with Crippen LogP contribution >= 0.6 is 23.2 Å². The Bertz CT molecular complexity index is 1790. The van der Waals surface area contributed by atoms with E-state index >= 15 is 4.39 Å². The lowest BCUT2D eigenvalue weighted by Crippen LogP contribution is -2.69. The van der Waals surface area contributed by atoms with Crippen molar-refractivity contribution >= 4 is 46.5 Å². The van der Waals surface area contributed by atoms with Crippen molar-refractivity contribution in [3.63, 3.8) is 0 Å². The third kappa shape index (κ3) is 4.94. The maximum atomic E-state index is 15.7. The predicted molar refractivity (Wildman–Crippen MR) is 180 cm³/mol. The average molecular weight is 697 g/mol. The van der Waals surface area contributed by atoms with Gasteiger partial charge in [-0.05, 0) is 49.4 Å². The first-order valence-electron chi connectivity index (χ1n) is 16.3. The maximum absolute atomic E-state index is 15.7. The van der Waals surface area contributed by atoms with Gasteiger partial charge in [-0.15, -0.1) is 0 Å².